The van der Waals surface area contributed by atoms with Crippen molar-refractivity contribution in [3.8, 4) is 0 Å². The Morgan fingerprint density at radius 1 is 1.53 bits per heavy atom. The maximum absolute atomic E-state index is 12.6. The first-order chi connectivity index (χ1) is 8.84. The van der Waals surface area contributed by atoms with E-state index in [1.807, 2.05) is 0 Å². The Morgan fingerprint density at radius 2 is 2.21 bits per heavy atom. The number of halogens is 2. The van der Waals surface area contributed by atoms with Gasteiger partial charge in [-0.2, -0.15) is 4.31 Å². The molecule has 1 aliphatic rings. The fourth-order valence-corrected chi connectivity index (χ4v) is 4.82. The lowest BCUT2D eigenvalue weighted by Gasteiger charge is -2.32. The topological polar surface area (TPSA) is 72.6 Å². The first-order valence-electron chi connectivity index (χ1n) is 5.68. The molecule has 1 aliphatic heterocycles. The highest BCUT2D eigenvalue weighted by Gasteiger charge is 2.33. The molecule has 0 radical (unpaired) electrons. The van der Waals surface area contributed by atoms with Gasteiger partial charge in [-0.25, -0.2) is 8.42 Å². The number of sulfonamides is 1. The zero-order valence-electron chi connectivity index (χ0n) is 10.3. The molecule has 1 aromatic rings. The molecule has 1 saturated heterocycles. The molecular formula is C11H14BrClN2O3S. The van der Waals surface area contributed by atoms with Crippen LogP contribution >= 0.6 is 27.5 Å². The highest BCUT2D eigenvalue weighted by atomic mass is 79.9. The Labute approximate surface area is 125 Å². The van der Waals surface area contributed by atoms with E-state index in [9.17, 15) is 8.42 Å². The molecule has 5 nitrogen and oxygen atoms in total. The summed E-state index contributed by atoms with van der Waals surface area (Å²) in [5.74, 6) is 0. The van der Waals surface area contributed by atoms with Gasteiger partial charge in [0.05, 0.1) is 22.6 Å². The Kier molecular flexibility index (Phi) is 4.42. The number of nitrogen functional groups attached to an aromatic ring is 1. The molecule has 1 aromatic carbocycles. The Hall–Kier alpha value is -0.340. The lowest BCUT2D eigenvalue weighted by molar-refractivity contribution is 0.0392. The molecule has 0 bridgehead atoms. The summed E-state index contributed by atoms with van der Waals surface area (Å²) in [6, 6.07) is 2.69. The van der Waals surface area contributed by atoms with E-state index < -0.39 is 10.0 Å². The van der Waals surface area contributed by atoms with Crippen LogP contribution in [0.25, 0.3) is 0 Å². The number of morpholine rings is 1. The molecule has 0 spiro atoms. The highest BCUT2D eigenvalue weighted by molar-refractivity contribution is 9.10. The molecule has 2 N–H and O–H groups in total. The second kappa shape index (κ2) is 5.57. The quantitative estimate of drug-likeness (QED) is 0.810. The fraction of sp³-hybridized carbons (Fsp3) is 0.455. The minimum Gasteiger partial charge on any atom is -0.398 e. The molecule has 1 heterocycles. The van der Waals surface area contributed by atoms with Crippen molar-refractivity contribution < 1.29 is 13.2 Å². The Bertz CT molecular complexity index is 594. The van der Waals surface area contributed by atoms with Gasteiger partial charge >= 0.3 is 0 Å². The van der Waals surface area contributed by atoms with Gasteiger partial charge in [0.2, 0.25) is 10.0 Å². The van der Waals surface area contributed by atoms with Gasteiger partial charge in [0, 0.05) is 23.3 Å². The summed E-state index contributed by atoms with van der Waals surface area (Å²) in [7, 11) is -3.64. The number of hydrogen-bond donors (Lipinski definition) is 1. The second-order valence-electron chi connectivity index (χ2n) is 4.35. The van der Waals surface area contributed by atoms with E-state index in [1.54, 1.807) is 6.92 Å². The first-order valence-corrected chi connectivity index (χ1v) is 8.29. The number of hydrogen-bond acceptors (Lipinski definition) is 4. The van der Waals surface area contributed by atoms with Crippen LogP contribution in [0.3, 0.4) is 0 Å². The molecule has 0 unspecified atom stereocenters. The minimum atomic E-state index is -3.64. The third kappa shape index (κ3) is 2.90. The molecule has 8 heteroatoms. The van der Waals surface area contributed by atoms with E-state index in [-0.39, 0.29) is 10.9 Å². The Balaban J connectivity index is 2.50. The molecule has 0 aromatic heterocycles. The molecule has 2 rings (SSSR count). The van der Waals surface area contributed by atoms with E-state index in [0.29, 0.717) is 34.9 Å². The summed E-state index contributed by atoms with van der Waals surface area (Å²) in [5.41, 5.74) is 6.04. The molecular weight excluding hydrogens is 356 g/mol. The molecule has 19 heavy (non-hydrogen) atoms. The number of nitrogens with two attached hydrogens (primary N) is 1. The zero-order valence-corrected chi connectivity index (χ0v) is 13.4. The maximum Gasteiger partial charge on any atom is 0.244 e. The van der Waals surface area contributed by atoms with Crippen molar-refractivity contribution in [2.75, 3.05) is 25.5 Å². The normalized spacial score (nSPS) is 21.5. The van der Waals surface area contributed by atoms with Gasteiger partial charge in [-0.05, 0) is 35.0 Å². The third-order valence-corrected chi connectivity index (χ3v) is 6.33. The van der Waals surface area contributed by atoms with E-state index in [4.69, 9.17) is 22.1 Å². The van der Waals surface area contributed by atoms with Crippen molar-refractivity contribution in [2.24, 2.45) is 0 Å². The van der Waals surface area contributed by atoms with Crippen LogP contribution in [-0.2, 0) is 14.8 Å². The monoisotopic (exact) mass is 368 g/mol. The van der Waals surface area contributed by atoms with E-state index in [1.165, 1.54) is 16.4 Å². The lowest BCUT2D eigenvalue weighted by Crippen LogP contribution is -2.47. The summed E-state index contributed by atoms with van der Waals surface area (Å²) < 4.78 is 32.3. The molecule has 1 fully saturated rings. The molecule has 106 valence electrons. The summed E-state index contributed by atoms with van der Waals surface area (Å²) in [6.07, 6.45) is 0. The standard InChI is InChI=1S/C11H14BrClN2O3S/c1-7-6-18-3-2-15(7)19(16,17)10-5-8(13)4-9(14)11(10)12/h4-5,7H,2-3,6,14H2,1H3/t7-/m1/s1. The lowest BCUT2D eigenvalue weighted by atomic mass is 10.3. The summed E-state index contributed by atoms with van der Waals surface area (Å²) >= 11 is 9.11. The molecule has 1 atom stereocenters. The molecule has 0 amide bonds. The van der Waals surface area contributed by atoms with Gasteiger partial charge in [0.15, 0.2) is 0 Å². The third-order valence-electron chi connectivity index (χ3n) is 2.93. The second-order valence-corrected chi connectivity index (χ2v) is 7.44. The number of ether oxygens (including phenoxy) is 1. The van der Waals surface area contributed by atoms with Crippen LogP contribution in [-0.4, -0.2) is 38.5 Å². The number of anilines is 1. The van der Waals surface area contributed by atoms with Crippen LogP contribution < -0.4 is 5.73 Å². The largest absolute Gasteiger partial charge is 0.398 e. The first kappa shape index (κ1) is 15.1. The Morgan fingerprint density at radius 3 is 2.84 bits per heavy atom. The van der Waals surface area contributed by atoms with Gasteiger partial charge in [-0.1, -0.05) is 11.6 Å². The molecule has 0 aliphatic carbocycles. The predicted molar refractivity (Wildman–Crippen MR) is 77.7 cm³/mol. The van der Waals surface area contributed by atoms with Gasteiger partial charge in [-0.3, -0.25) is 0 Å². The number of nitrogens with zero attached hydrogens (tertiary/aromatic N) is 1. The van der Waals surface area contributed by atoms with Crippen LogP contribution in [0.5, 0.6) is 0 Å². The van der Waals surface area contributed by atoms with Crippen molar-refractivity contribution in [1.82, 2.24) is 4.31 Å². The number of rotatable bonds is 2. The van der Waals surface area contributed by atoms with Crippen LogP contribution in [0.4, 0.5) is 5.69 Å². The highest BCUT2D eigenvalue weighted by Crippen LogP contribution is 2.34. The smallest absolute Gasteiger partial charge is 0.244 e. The van der Waals surface area contributed by atoms with Crippen LogP contribution in [0, 0.1) is 0 Å². The van der Waals surface area contributed by atoms with E-state index in [0.717, 1.165) is 0 Å². The average Bonchev–Trinajstić information content (AvgIpc) is 2.34. The van der Waals surface area contributed by atoms with Gasteiger partial charge in [-0.15, -0.1) is 0 Å². The average molecular weight is 370 g/mol. The maximum atomic E-state index is 12.6. The van der Waals surface area contributed by atoms with Crippen LogP contribution in [0.15, 0.2) is 21.5 Å². The number of benzene rings is 1. The van der Waals surface area contributed by atoms with Crippen molar-refractivity contribution in [3.05, 3.63) is 21.6 Å². The summed E-state index contributed by atoms with van der Waals surface area (Å²) in [5, 5.41) is 0.292. The predicted octanol–water partition coefficient (Wildman–Crippen LogP) is 2.09. The van der Waals surface area contributed by atoms with Crippen molar-refractivity contribution in [1.29, 1.82) is 0 Å². The SMILES string of the molecule is C[C@@H]1COCCN1S(=O)(=O)c1cc(Cl)cc(N)c1Br. The van der Waals surface area contributed by atoms with Gasteiger partial charge < -0.3 is 10.5 Å². The van der Waals surface area contributed by atoms with E-state index in [2.05, 4.69) is 15.9 Å². The van der Waals surface area contributed by atoms with E-state index >= 15 is 0 Å². The van der Waals surface area contributed by atoms with Crippen molar-refractivity contribution in [2.45, 2.75) is 17.9 Å². The zero-order chi connectivity index (χ0) is 14.2. The minimum absolute atomic E-state index is 0.0891. The fourth-order valence-electron chi connectivity index (χ4n) is 1.97. The molecule has 0 saturated carbocycles. The van der Waals surface area contributed by atoms with Crippen LogP contribution in [0.2, 0.25) is 5.02 Å². The summed E-state index contributed by atoms with van der Waals surface area (Å²) in [6.45, 7) is 2.89. The summed E-state index contributed by atoms with van der Waals surface area (Å²) in [4.78, 5) is 0.0891. The van der Waals surface area contributed by atoms with Crippen LogP contribution in [0.1, 0.15) is 6.92 Å². The van der Waals surface area contributed by atoms with Crippen molar-refractivity contribution >= 4 is 43.2 Å². The van der Waals surface area contributed by atoms with Gasteiger partial charge in [0.1, 0.15) is 0 Å². The van der Waals surface area contributed by atoms with Gasteiger partial charge in [0.25, 0.3) is 0 Å². The van der Waals surface area contributed by atoms with Crippen molar-refractivity contribution in [3.63, 3.8) is 0 Å².